The number of amides is 1. The van der Waals surface area contributed by atoms with Crippen LogP contribution in [0.1, 0.15) is 15.9 Å². The first-order valence-electron chi connectivity index (χ1n) is 10.1. The molecule has 4 nitrogen and oxygen atoms in total. The van der Waals surface area contributed by atoms with Gasteiger partial charge in [0.15, 0.2) is 0 Å². The Morgan fingerprint density at radius 3 is 2.32 bits per heavy atom. The molecule has 0 spiro atoms. The fraction of sp³-hybridized carbons (Fsp3) is 0.208. The van der Waals surface area contributed by atoms with Gasteiger partial charge in [0.05, 0.1) is 10.7 Å². The van der Waals surface area contributed by atoms with Crippen LogP contribution in [0.3, 0.4) is 0 Å². The molecule has 1 aliphatic rings. The lowest BCUT2D eigenvalue weighted by atomic mass is 10.1. The summed E-state index contributed by atoms with van der Waals surface area (Å²) in [5, 5.41) is 4.82. The first-order chi connectivity index (χ1) is 15.0. The SMILES string of the molecule is O=C(Nc1ccc(N2CCN(Cc3ccccc3Cl)CC2)c(Cl)c1)c1cccc(Cl)c1. The van der Waals surface area contributed by atoms with Crippen molar-refractivity contribution in [3.8, 4) is 0 Å². The van der Waals surface area contributed by atoms with Gasteiger partial charge in [-0.2, -0.15) is 0 Å². The molecule has 4 rings (SSSR count). The Hall–Kier alpha value is -2.24. The molecule has 31 heavy (non-hydrogen) atoms. The summed E-state index contributed by atoms with van der Waals surface area (Å²) in [5.41, 5.74) is 3.27. The van der Waals surface area contributed by atoms with Gasteiger partial charge >= 0.3 is 0 Å². The van der Waals surface area contributed by atoms with Gasteiger partial charge < -0.3 is 10.2 Å². The van der Waals surface area contributed by atoms with Crippen molar-refractivity contribution in [2.24, 2.45) is 0 Å². The molecule has 1 aliphatic heterocycles. The third-order valence-corrected chi connectivity index (χ3v) is 6.26. The molecule has 1 amide bonds. The van der Waals surface area contributed by atoms with Crippen LogP contribution in [-0.4, -0.2) is 37.0 Å². The average Bonchev–Trinajstić information content (AvgIpc) is 2.76. The van der Waals surface area contributed by atoms with Crippen molar-refractivity contribution in [3.63, 3.8) is 0 Å². The summed E-state index contributed by atoms with van der Waals surface area (Å²) in [6, 6.07) is 20.4. The van der Waals surface area contributed by atoms with E-state index in [0.717, 1.165) is 49.0 Å². The van der Waals surface area contributed by atoms with Crippen molar-refractivity contribution in [3.05, 3.63) is 92.9 Å². The maximum Gasteiger partial charge on any atom is 0.255 e. The van der Waals surface area contributed by atoms with Crippen molar-refractivity contribution >= 4 is 52.1 Å². The fourth-order valence-corrected chi connectivity index (χ4v) is 4.37. The van der Waals surface area contributed by atoms with Crippen molar-refractivity contribution in [1.82, 2.24) is 4.90 Å². The molecule has 7 heteroatoms. The summed E-state index contributed by atoms with van der Waals surface area (Å²) in [5.74, 6) is -0.223. The van der Waals surface area contributed by atoms with Gasteiger partial charge in [-0.3, -0.25) is 9.69 Å². The maximum atomic E-state index is 12.4. The van der Waals surface area contributed by atoms with Crippen LogP contribution in [0.4, 0.5) is 11.4 Å². The summed E-state index contributed by atoms with van der Waals surface area (Å²) in [6.07, 6.45) is 0. The number of nitrogens with one attached hydrogen (secondary N) is 1. The second-order valence-electron chi connectivity index (χ2n) is 7.49. The number of benzene rings is 3. The molecular weight excluding hydrogens is 453 g/mol. The second kappa shape index (κ2) is 9.92. The zero-order valence-electron chi connectivity index (χ0n) is 16.8. The Morgan fingerprint density at radius 2 is 1.61 bits per heavy atom. The molecular formula is C24H22Cl3N3O. The van der Waals surface area contributed by atoms with Crippen LogP contribution in [0.15, 0.2) is 66.7 Å². The number of nitrogens with zero attached hydrogens (tertiary/aromatic N) is 2. The Morgan fingerprint density at radius 1 is 0.839 bits per heavy atom. The minimum Gasteiger partial charge on any atom is -0.368 e. The summed E-state index contributed by atoms with van der Waals surface area (Å²) in [6.45, 7) is 4.44. The highest BCUT2D eigenvalue weighted by Crippen LogP contribution is 2.30. The third kappa shape index (κ3) is 5.52. The van der Waals surface area contributed by atoms with E-state index in [1.54, 1.807) is 30.3 Å². The van der Waals surface area contributed by atoms with Gasteiger partial charge in [0.2, 0.25) is 0 Å². The van der Waals surface area contributed by atoms with E-state index in [1.165, 1.54) is 0 Å². The van der Waals surface area contributed by atoms with Crippen LogP contribution in [-0.2, 0) is 6.54 Å². The van der Waals surface area contributed by atoms with Crippen LogP contribution < -0.4 is 10.2 Å². The molecule has 1 heterocycles. The number of carbonyl (C=O) groups excluding carboxylic acids is 1. The molecule has 1 N–H and O–H groups in total. The molecule has 3 aromatic rings. The van der Waals surface area contributed by atoms with Crippen molar-refractivity contribution < 1.29 is 4.79 Å². The normalized spacial score (nSPS) is 14.5. The summed E-state index contributed by atoms with van der Waals surface area (Å²) in [7, 11) is 0. The zero-order valence-corrected chi connectivity index (χ0v) is 19.1. The molecule has 0 unspecified atom stereocenters. The maximum absolute atomic E-state index is 12.4. The predicted octanol–water partition coefficient (Wildman–Crippen LogP) is 6.22. The number of hydrogen-bond acceptors (Lipinski definition) is 3. The molecule has 0 aliphatic carbocycles. The molecule has 0 saturated carbocycles. The van der Waals surface area contributed by atoms with E-state index in [9.17, 15) is 4.79 Å². The van der Waals surface area contributed by atoms with E-state index < -0.39 is 0 Å². The quantitative estimate of drug-likeness (QED) is 0.477. The Kier molecular flexibility index (Phi) is 7.03. The molecule has 0 radical (unpaired) electrons. The van der Waals surface area contributed by atoms with Gasteiger partial charge in [-0.15, -0.1) is 0 Å². The zero-order chi connectivity index (χ0) is 21.8. The smallest absolute Gasteiger partial charge is 0.255 e. The Labute approximate surface area is 197 Å². The predicted molar refractivity (Wildman–Crippen MR) is 130 cm³/mol. The van der Waals surface area contributed by atoms with Crippen molar-refractivity contribution in [1.29, 1.82) is 0 Å². The highest BCUT2D eigenvalue weighted by Gasteiger charge is 2.20. The first-order valence-corrected chi connectivity index (χ1v) is 11.2. The van der Waals surface area contributed by atoms with Gasteiger partial charge in [-0.05, 0) is 48.0 Å². The Bertz CT molecular complexity index is 1080. The molecule has 0 atom stereocenters. The van der Waals surface area contributed by atoms with Crippen LogP contribution in [0.2, 0.25) is 15.1 Å². The van der Waals surface area contributed by atoms with E-state index in [0.29, 0.717) is 21.3 Å². The van der Waals surface area contributed by atoms with Gasteiger partial charge in [-0.25, -0.2) is 0 Å². The topological polar surface area (TPSA) is 35.6 Å². The molecule has 0 bridgehead atoms. The lowest BCUT2D eigenvalue weighted by Crippen LogP contribution is -2.46. The van der Waals surface area contributed by atoms with Gasteiger partial charge in [0, 0.05) is 54.0 Å². The average molecular weight is 475 g/mol. The Balaban J connectivity index is 1.36. The molecule has 0 aromatic heterocycles. The van der Waals surface area contributed by atoms with E-state index in [4.69, 9.17) is 34.8 Å². The number of halogens is 3. The van der Waals surface area contributed by atoms with Crippen molar-refractivity contribution in [2.45, 2.75) is 6.54 Å². The first kappa shape index (κ1) is 22.0. The fourth-order valence-electron chi connectivity index (χ4n) is 3.69. The van der Waals surface area contributed by atoms with Gasteiger partial charge in [0.1, 0.15) is 0 Å². The molecule has 1 fully saturated rings. The minimum absolute atomic E-state index is 0.223. The number of piperazine rings is 1. The monoisotopic (exact) mass is 473 g/mol. The molecule has 1 saturated heterocycles. The van der Waals surface area contributed by atoms with E-state index >= 15 is 0 Å². The third-order valence-electron chi connectivity index (χ3n) is 5.36. The van der Waals surface area contributed by atoms with Crippen molar-refractivity contribution in [2.75, 3.05) is 36.4 Å². The van der Waals surface area contributed by atoms with E-state index in [1.807, 2.05) is 30.3 Å². The lowest BCUT2D eigenvalue weighted by molar-refractivity contribution is 0.102. The van der Waals surface area contributed by atoms with E-state index in [2.05, 4.69) is 21.2 Å². The second-order valence-corrected chi connectivity index (χ2v) is 8.74. The summed E-state index contributed by atoms with van der Waals surface area (Å²) < 4.78 is 0. The minimum atomic E-state index is -0.223. The molecule has 160 valence electrons. The summed E-state index contributed by atoms with van der Waals surface area (Å²) >= 11 is 18.8. The van der Waals surface area contributed by atoms with Crippen LogP contribution in [0, 0.1) is 0 Å². The van der Waals surface area contributed by atoms with Gasteiger partial charge in [0.25, 0.3) is 5.91 Å². The highest BCUT2D eigenvalue weighted by atomic mass is 35.5. The summed E-state index contributed by atoms with van der Waals surface area (Å²) in [4.78, 5) is 17.1. The largest absolute Gasteiger partial charge is 0.368 e. The number of hydrogen-bond donors (Lipinski definition) is 1. The van der Waals surface area contributed by atoms with Crippen LogP contribution in [0.5, 0.6) is 0 Å². The van der Waals surface area contributed by atoms with Gasteiger partial charge in [-0.1, -0.05) is 59.1 Å². The number of carbonyl (C=O) groups is 1. The highest BCUT2D eigenvalue weighted by molar-refractivity contribution is 6.33. The standard InChI is InChI=1S/C24H22Cl3N3O/c25-19-6-3-5-17(14-19)24(31)28-20-8-9-23(22(27)15-20)30-12-10-29(11-13-30)16-18-4-1-2-7-21(18)26/h1-9,14-15H,10-13,16H2,(H,28,31). The number of anilines is 2. The van der Waals surface area contributed by atoms with Crippen LogP contribution in [0.25, 0.3) is 0 Å². The lowest BCUT2D eigenvalue weighted by Gasteiger charge is -2.36. The molecule has 3 aromatic carbocycles. The number of rotatable bonds is 5. The van der Waals surface area contributed by atoms with E-state index in [-0.39, 0.29) is 5.91 Å². The van der Waals surface area contributed by atoms with Crippen LogP contribution >= 0.6 is 34.8 Å².